The van der Waals surface area contributed by atoms with Gasteiger partial charge in [0.2, 0.25) is 0 Å². The highest BCUT2D eigenvalue weighted by Crippen LogP contribution is 2.27. The maximum absolute atomic E-state index is 12.0. The van der Waals surface area contributed by atoms with Crippen LogP contribution in [0.15, 0.2) is 24.3 Å². The Kier molecular flexibility index (Phi) is 5.48. The molecular weight excluding hydrogens is 248 g/mol. The third kappa shape index (κ3) is 3.64. The fourth-order valence-electron chi connectivity index (χ4n) is 2.50. The number of nitrogens with one attached hydrogen (secondary N) is 1. The predicted octanol–water partition coefficient (Wildman–Crippen LogP) is 3.00. The van der Waals surface area contributed by atoms with E-state index in [0.29, 0.717) is 17.2 Å². The summed E-state index contributed by atoms with van der Waals surface area (Å²) in [5, 5.41) is 3.08. The number of amides is 1. The molecular formula is C14H21ClN2O. The van der Waals surface area contributed by atoms with Crippen LogP contribution in [0.2, 0.25) is 0 Å². The summed E-state index contributed by atoms with van der Waals surface area (Å²) in [6.07, 6.45) is 5.08. The number of hydrogen-bond acceptors (Lipinski definition) is 2. The molecule has 1 atom stereocenters. The van der Waals surface area contributed by atoms with Crippen LogP contribution >= 0.6 is 12.4 Å². The van der Waals surface area contributed by atoms with Gasteiger partial charge in [-0.05, 0) is 49.9 Å². The number of carbonyl (C=O) groups is 1. The Bertz CT molecular complexity index is 385. The molecule has 3 nitrogen and oxygen atoms in total. The van der Waals surface area contributed by atoms with Crippen molar-refractivity contribution in [3.8, 4) is 0 Å². The Balaban J connectivity index is 0.00000162. The van der Waals surface area contributed by atoms with Gasteiger partial charge in [0.25, 0.3) is 5.91 Å². The Hall–Kier alpha value is -1.22. The minimum atomic E-state index is 0. The first-order valence-electron chi connectivity index (χ1n) is 6.33. The van der Waals surface area contributed by atoms with Crippen molar-refractivity contribution in [1.29, 1.82) is 0 Å². The predicted molar refractivity (Wildman–Crippen MR) is 77.0 cm³/mol. The Morgan fingerprint density at radius 2 is 1.83 bits per heavy atom. The lowest BCUT2D eigenvalue weighted by atomic mass is 9.99. The van der Waals surface area contributed by atoms with E-state index in [2.05, 4.69) is 12.2 Å². The largest absolute Gasteiger partial charge is 0.399 e. The van der Waals surface area contributed by atoms with Crippen LogP contribution in [0.5, 0.6) is 0 Å². The number of benzene rings is 1. The molecule has 18 heavy (non-hydrogen) atoms. The van der Waals surface area contributed by atoms with Crippen molar-refractivity contribution in [3.63, 3.8) is 0 Å². The van der Waals surface area contributed by atoms with E-state index in [-0.39, 0.29) is 24.4 Å². The molecule has 1 amide bonds. The molecule has 0 spiro atoms. The van der Waals surface area contributed by atoms with E-state index in [1.165, 1.54) is 25.7 Å². The van der Waals surface area contributed by atoms with Gasteiger partial charge < -0.3 is 11.1 Å². The summed E-state index contributed by atoms with van der Waals surface area (Å²) in [5.41, 5.74) is 6.97. The lowest BCUT2D eigenvalue weighted by Gasteiger charge is -2.20. The molecule has 100 valence electrons. The minimum absolute atomic E-state index is 0. The summed E-state index contributed by atoms with van der Waals surface area (Å²) in [6.45, 7) is 2.10. The quantitative estimate of drug-likeness (QED) is 0.828. The zero-order valence-electron chi connectivity index (χ0n) is 10.7. The van der Waals surface area contributed by atoms with Gasteiger partial charge in [-0.15, -0.1) is 12.4 Å². The lowest BCUT2D eigenvalue weighted by molar-refractivity contribution is 0.0927. The van der Waals surface area contributed by atoms with Crippen LogP contribution < -0.4 is 11.1 Å². The third-order valence-corrected chi connectivity index (χ3v) is 3.64. The number of rotatable bonds is 3. The average molecular weight is 269 g/mol. The molecule has 1 aliphatic carbocycles. The standard InChI is InChI=1S/C14H20N2O.ClH/c1-10(11-4-2-3-5-11)16-14(17)12-6-8-13(15)9-7-12;/h6-11H,2-5,15H2,1H3,(H,16,17);1H. The Morgan fingerprint density at radius 1 is 1.28 bits per heavy atom. The molecule has 0 radical (unpaired) electrons. The number of halogens is 1. The second-order valence-electron chi connectivity index (χ2n) is 4.93. The van der Waals surface area contributed by atoms with Crippen LogP contribution in [0.3, 0.4) is 0 Å². The maximum Gasteiger partial charge on any atom is 0.251 e. The van der Waals surface area contributed by atoms with Crippen LogP contribution in [-0.4, -0.2) is 11.9 Å². The molecule has 1 unspecified atom stereocenters. The molecule has 3 N–H and O–H groups in total. The lowest BCUT2D eigenvalue weighted by Crippen LogP contribution is -2.37. The fourth-order valence-corrected chi connectivity index (χ4v) is 2.50. The average Bonchev–Trinajstić information content (AvgIpc) is 2.83. The highest BCUT2D eigenvalue weighted by atomic mass is 35.5. The van der Waals surface area contributed by atoms with E-state index in [4.69, 9.17) is 5.73 Å². The summed E-state index contributed by atoms with van der Waals surface area (Å²) >= 11 is 0. The van der Waals surface area contributed by atoms with Crippen molar-refractivity contribution in [2.45, 2.75) is 38.6 Å². The van der Waals surface area contributed by atoms with E-state index in [9.17, 15) is 4.79 Å². The molecule has 0 aliphatic heterocycles. The van der Waals surface area contributed by atoms with E-state index in [0.717, 1.165) is 0 Å². The van der Waals surface area contributed by atoms with Gasteiger partial charge in [0.05, 0.1) is 0 Å². The van der Waals surface area contributed by atoms with Gasteiger partial charge in [-0.1, -0.05) is 12.8 Å². The van der Waals surface area contributed by atoms with Crippen molar-refractivity contribution < 1.29 is 4.79 Å². The summed E-state index contributed by atoms with van der Waals surface area (Å²) in [4.78, 5) is 12.0. The first-order valence-corrected chi connectivity index (χ1v) is 6.33. The molecule has 1 aliphatic rings. The van der Waals surface area contributed by atoms with Crippen LogP contribution in [0, 0.1) is 5.92 Å². The Labute approximate surface area is 115 Å². The van der Waals surface area contributed by atoms with Crippen LogP contribution in [0.4, 0.5) is 5.69 Å². The van der Waals surface area contributed by atoms with Crippen molar-refractivity contribution >= 4 is 24.0 Å². The van der Waals surface area contributed by atoms with Crippen LogP contribution in [-0.2, 0) is 0 Å². The topological polar surface area (TPSA) is 55.1 Å². The molecule has 1 aromatic rings. The number of nitrogen functional groups attached to an aromatic ring is 1. The second kappa shape index (κ2) is 6.64. The monoisotopic (exact) mass is 268 g/mol. The van der Waals surface area contributed by atoms with Crippen molar-refractivity contribution in [2.24, 2.45) is 5.92 Å². The van der Waals surface area contributed by atoms with E-state index >= 15 is 0 Å². The molecule has 0 aromatic heterocycles. The Morgan fingerprint density at radius 3 is 2.39 bits per heavy atom. The molecule has 4 heteroatoms. The molecule has 1 saturated carbocycles. The zero-order chi connectivity index (χ0) is 12.3. The van der Waals surface area contributed by atoms with Crippen LogP contribution in [0.25, 0.3) is 0 Å². The van der Waals surface area contributed by atoms with Gasteiger partial charge in [0, 0.05) is 17.3 Å². The summed E-state index contributed by atoms with van der Waals surface area (Å²) in [6, 6.07) is 7.32. The molecule has 0 saturated heterocycles. The van der Waals surface area contributed by atoms with Gasteiger partial charge in [-0.3, -0.25) is 4.79 Å². The van der Waals surface area contributed by atoms with Gasteiger partial charge in [0.1, 0.15) is 0 Å². The van der Waals surface area contributed by atoms with Crippen LogP contribution in [0.1, 0.15) is 43.0 Å². The number of hydrogen-bond donors (Lipinski definition) is 2. The summed E-state index contributed by atoms with van der Waals surface area (Å²) in [7, 11) is 0. The van der Waals surface area contributed by atoms with Gasteiger partial charge >= 0.3 is 0 Å². The zero-order valence-corrected chi connectivity index (χ0v) is 11.5. The smallest absolute Gasteiger partial charge is 0.251 e. The van der Waals surface area contributed by atoms with Crippen molar-refractivity contribution in [1.82, 2.24) is 5.32 Å². The highest BCUT2D eigenvalue weighted by Gasteiger charge is 2.22. The molecule has 1 aromatic carbocycles. The molecule has 0 bridgehead atoms. The number of nitrogens with two attached hydrogens (primary N) is 1. The first kappa shape index (κ1) is 14.8. The normalized spacial score (nSPS) is 16.9. The van der Waals surface area contributed by atoms with Gasteiger partial charge in [0.15, 0.2) is 0 Å². The highest BCUT2D eigenvalue weighted by molar-refractivity contribution is 5.94. The molecule has 1 fully saturated rings. The van der Waals surface area contributed by atoms with Gasteiger partial charge in [-0.2, -0.15) is 0 Å². The maximum atomic E-state index is 12.0. The van der Waals surface area contributed by atoms with Gasteiger partial charge in [-0.25, -0.2) is 0 Å². The third-order valence-electron chi connectivity index (χ3n) is 3.64. The SMILES string of the molecule is CC(NC(=O)c1ccc(N)cc1)C1CCCC1.Cl. The van der Waals surface area contributed by atoms with Crippen molar-refractivity contribution in [3.05, 3.63) is 29.8 Å². The number of carbonyl (C=O) groups excluding carboxylic acids is 1. The molecule has 0 heterocycles. The fraction of sp³-hybridized carbons (Fsp3) is 0.500. The van der Waals surface area contributed by atoms with E-state index < -0.39 is 0 Å². The summed E-state index contributed by atoms with van der Waals surface area (Å²) in [5.74, 6) is 0.650. The van der Waals surface area contributed by atoms with Crippen molar-refractivity contribution in [2.75, 3.05) is 5.73 Å². The van der Waals surface area contributed by atoms with E-state index in [1.807, 2.05) is 0 Å². The molecule has 2 rings (SSSR count). The van der Waals surface area contributed by atoms with E-state index in [1.54, 1.807) is 24.3 Å². The minimum Gasteiger partial charge on any atom is -0.399 e. The summed E-state index contributed by atoms with van der Waals surface area (Å²) < 4.78 is 0. The number of anilines is 1. The second-order valence-corrected chi connectivity index (χ2v) is 4.93. The first-order chi connectivity index (χ1) is 8.16.